The second-order valence-corrected chi connectivity index (χ2v) is 6.34. The standard InChI is InChI=1S/C14H13ClN2O3S/c1-17-9-2-3-13(14(17)18)16-21(19,20)10-8-11-4-6-12(15)7-5-11/h2-10,16H,1H3/b10-8+. The number of anilines is 1. The topological polar surface area (TPSA) is 68.2 Å². The summed E-state index contributed by atoms with van der Waals surface area (Å²) in [5.74, 6) is 0. The van der Waals surface area contributed by atoms with Crippen molar-refractivity contribution in [3.63, 3.8) is 0 Å². The molecule has 21 heavy (non-hydrogen) atoms. The van der Waals surface area contributed by atoms with Crippen molar-refractivity contribution in [2.24, 2.45) is 7.05 Å². The number of aryl methyl sites for hydroxylation is 1. The second-order valence-electron chi connectivity index (χ2n) is 4.34. The highest BCUT2D eigenvalue weighted by molar-refractivity contribution is 7.95. The number of aromatic nitrogens is 1. The maximum Gasteiger partial charge on any atom is 0.274 e. The zero-order chi connectivity index (χ0) is 15.5. The van der Waals surface area contributed by atoms with Gasteiger partial charge in [0.15, 0.2) is 0 Å². The number of hydrogen-bond donors (Lipinski definition) is 1. The Kier molecular flexibility index (Phi) is 4.50. The van der Waals surface area contributed by atoms with E-state index >= 15 is 0 Å². The minimum absolute atomic E-state index is 0.000700. The van der Waals surface area contributed by atoms with E-state index in [-0.39, 0.29) is 5.69 Å². The molecule has 0 bridgehead atoms. The van der Waals surface area contributed by atoms with Crippen LogP contribution < -0.4 is 10.3 Å². The Balaban J connectivity index is 2.21. The van der Waals surface area contributed by atoms with Crippen molar-refractivity contribution < 1.29 is 8.42 Å². The molecule has 0 radical (unpaired) electrons. The Hall–Kier alpha value is -2.05. The van der Waals surface area contributed by atoms with Gasteiger partial charge in [-0.1, -0.05) is 23.7 Å². The smallest absolute Gasteiger partial charge is 0.274 e. The first-order valence-electron chi connectivity index (χ1n) is 5.99. The van der Waals surface area contributed by atoms with Crippen LogP contribution in [-0.2, 0) is 17.1 Å². The van der Waals surface area contributed by atoms with Gasteiger partial charge in [-0.25, -0.2) is 8.42 Å². The van der Waals surface area contributed by atoms with Crippen LogP contribution in [0, 0.1) is 0 Å². The maximum absolute atomic E-state index is 11.9. The van der Waals surface area contributed by atoms with E-state index in [0.717, 1.165) is 5.41 Å². The summed E-state index contributed by atoms with van der Waals surface area (Å²) < 4.78 is 27.4. The molecule has 0 atom stereocenters. The molecule has 1 aromatic heterocycles. The molecule has 1 N–H and O–H groups in total. The molecule has 0 amide bonds. The predicted molar refractivity (Wildman–Crippen MR) is 84.7 cm³/mol. The molecule has 2 aromatic rings. The lowest BCUT2D eigenvalue weighted by Gasteiger charge is -2.05. The largest absolute Gasteiger partial charge is 0.317 e. The van der Waals surface area contributed by atoms with E-state index in [0.29, 0.717) is 10.6 Å². The summed E-state index contributed by atoms with van der Waals surface area (Å²) in [6, 6.07) is 9.70. The van der Waals surface area contributed by atoms with Crippen molar-refractivity contribution >= 4 is 33.4 Å². The minimum atomic E-state index is -3.76. The van der Waals surface area contributed by atoms with Crippen LogP contribution in [0.1, 0.15) is 5.56 Å². The molecular formula is C14H13ClN2O3S. The zero-order valence-corrected chi connectivity index (χ0v) is 12.7. The number of sulfonamides is 1. The minimum Gasteiger partial charge on any atom is -0.317 e. The first kappa shape index (κ1) is 15.3. The van der Waals surface area contributed by atoms with Crippen molar-refractivity contribution in [1.29, 1.82) is 0 Å². The number of rotatable bonds is 4. The Morgan fingerprint density at radius 1 is 1.19 bits per heavy atom. The summed E-state index contributed by atoms with van der Waals surface area (Å²) in [6.45, 7) is 0. The average molecular weight is 325 g/mol. The summed E-state index contributed by atoms with van der Waals surface area (Å²) in [6.07, 6.45) is 2.97. The SMILES string of the molecule is Cn1cccc(NS(=O)(=O)/C=C/c2ccc(Cl)cc2)c1=O. The first-order chi connectivity index (χ1) is 9.87. The van der Waals surface area contributed by atoms with Gasteiger partial charge in [-0.15, -0.1) is 0 Å². The van der Waals surface area contributed by atoms with E-state index in [4.69, 9.17) is 11.6 Å². The van der Waals surface area contributed by atoms with Crippen molar-refractivity contribution in [1.82, 2.24) is 4.57 Å². The molecule has 2 rings (SSSR count). The third-order valence-electron chi connectivity index (χ3n) is 2.69. The van der Waals surface area contributed by atoms with Gasteiger partial charge in [0.2, 0.25) is 0 Å². The summed E-state index contributed by atoms with van der Waals surface area (Å²) in [7, 11) is -2.21. The molecule has 5 nitrogen and oxygen atoms in total. The fraction of sp³-hybridized carbons (Fsp3) is 0.0714. The number of pyridine rings is 1. The van der Waals surface area contributed by atoms with E-state index in [2.05, 4.69) is 4.72 Å². The van der Waals surface area contributed by atoms with Gasteiger partial charge in [-0.05, 0) is 35.9 Å². The van der Waals surface area contributed by atoms with Gasteiger partial charge in [0.05, 0.1) is 5.41 Å². The Bertz CT molecular complexity index is 824. The third kappa shape index (κ3) is 4.21. The molecule has 0 aliphatic heterocycles. The van der Waals surface area contributed by atoms with Crippen LogP contribution in [0.25, 0.3) is 6.08 Å². The predicted octanol–water partition coefficient (Wildman–Crippen LogP) is 2.45. The Morgan fingerprint density at radius 3 is 2.52 bits per heavy atom. The molecule has 0 aliphatic carbocycles. The normalized spacial score (nSPS) is 11.7. The van der Waals surface area contributed by atoms with Gasteiger partial charge in [-0.2, -0.15) is 0 Å². The monoisotopic (exact) mass is 324 g/mol. The molecular weight excluding hydrogens is 312 g/mol. The fourth-order valence-electron chi connectivity index (χ4n) is 1.60. The van der Waals surface area contributed by atoms with Crippen molar-refractivity contribution in [2.75, 3.05) is 4.72 Å². The van der Waals surface area contributed by atoms with Gasteiger partial charge in [0.1, 0.15) is 5.69 Å². The number of halogens is 1. The highest BCUT2D eigenvalue weighted by atomic mass is 35.5. The van der Waals surface area contributed by atoms with Gasteiger partial charge < -0.3 is 4.57 Å². The van der Waals surface area contributed by atoms with Crippen LogP contribution in [0.3, 0.4) is 0 Å². The van der Waals surface area contributed by atoms with E-state index in [1.165, 1.54) is 16.7 Å². The summed E-state index contributed by atoms with van der Waals surface area (Å²) in [5, 5.41) is 1.57. The van der Waals surface area contributed by atoms with Crippen LogP contribution in [-0.4, -0.2) is 13.0 Å². The highest BCUT2D eigenvalue weighted by Crippen LogP contribution is 2.12. The summed E-state index contributed by atoms with van der Waals surface area (Å²) >= 11 is 5.75. The number of nitrogens with zero attached hydrogens (tertiary/aromatic N) is 1. The quantitative estimate of drug-likeness (QED) is 0.939. The lowest BCUT2D eigenvalue weighted by molar-refractivity contribution is 0.609. The first-order valence-corrected chi connectivity index (χ1v) is 7.92. The Labute approximate surface area is 127 Å². The number of benzene rings is 1. The molecule has 1 aromatic carbocycles. The average Bonchev–Trinajstić information content (AvgIpc) is 2.43. The number of nitrogens with one attached hydrogen (secondary N) is 1. The molecule has 0 saturated carbocycles. The highest BCUT2D eigenvalue weighted by Gasteiger charge is 2.09. The third-order valence-corrected chi connectivity index (χ3v) is 3.94. The van der Waals surface area contributed by atoms with E-state index in [9.17, 15) is 13.2 Å². The van der Waals surface area contributed by atoms with Crippen molar-refractivity contribution in [3.8, 4) is 0 Å². The molecule has 7 heteroatoms. The van der Waals surface area contributed by atoms with Crippen LogP contribution in [0.4, 0.5) is 5.69 Å². The van der Waals surface area contributed by atoms with Crippen LogP contribution in [0.15, 0.2) is 52.8 Å². The van der Waals surface area contributed by atoms with E-state index in [1.807, 2.05) is 0 Å². The van der Waals surface area contributed by atoms with E-state index < -0.39 is 15.6 Å². The molecule has 0 spiro atoms. The molecule has 0 saturated heterocycles. The molecule has 1 heterocycles. The van der Waals surface area contributed by atoms with Gasteiger partial charge in [-0.3, -0.25) is 9.52 Å². The summed E-state index contributed by atoms with van der Waals surface area (Å²) in [5.41, 5.74) is 0.271. The molecule has 110 valence electrons. The number of hydrogen-bond acceptors (Lipinski definition) is 3. The Morgan fingerprint density at radius 2 is 1.86 bits per heavy atom. The van der Waals surface area contributed by atoms with Crippen molar-refractivity contribution in [3.05, 3.63) is 68.9 Å². The molecule has 0 fully saturated rings. The van der Waals surface area contributed by atoms with Gasteiger partial charge >= 0.3 is 0 Å². The zero-order valence-electron chi connectivity index (χ0n) is 11.2. The van der Waals surface area contributed by atoms with E-state index in [1.54, 1.807) is 43.6 Å². The molecule has 0 aliphatic rings. The summed E-state index contributed by atoms with van der Waals surface area (Å²) in [4.78, 5) is 11.8. The fourth-order valence-corrected chi connectivity index (χ4v) is 2.60. The van der Waals surface area contributed by atoms with Crippen LogP contribution >= 0.6 is 11.6 Å². The lowest BCUT2D eigenvalue weighted by atomic mass is 10.2. The second kappa shape index (κ2) is 6.15. The van der Waals surface area contributed by atoms with Gasteiger partial charge in [0, 0.05) is 18.3 Å². The van der Waals surface area contributed by atoms with Crippen molar-refractivity contribution in [2.45, 2.75) is 0 Å². The lowest BCUT2D eigenvalue weighted by Crippen LogP contribution is -2.22. The van der Waals surface area contributed by atoms with Crippen LogP contribution in [0.2, 0.25) is 5.02 Å². The van der Waals surface area contributed by atoms with Gasteiger partial charge in [0.25, 0.3) is 15.6 Å². The van der Waals surface area contributed by atoms with Crippen LogP contribution in [0.5, 0.6) is 0 Å². The molecule has 0 unspecified atom stereocenters. The maximum atomic E-state index is 11.9.